The van der Waals surface area contributed by atoms with Crippen molar-refractivity contribution >= 4 is 33.2 Å². The van der Waals surface area contributed by atoms with Gasteiger partial charge in [-0.05, 0) is 55.3 Å². The van der Waals surface area contributed by atoms with Crippen molar-refractivity contribution in [1.82, 2.24) is 0 Å². The van der Waals surface area contributed by atoms with E-state index in [2.05, 4.69) is 21.2 Å². The van der Waals surface area contributed by atoms with E-state index in [0.717, 1.165) is 21.3 Å². The van der Waals surface area contributed by atoms with Gasteiger partial charge < -0.3 is 15.8 Å². The summed E-state index contributed by atoms with van der Waals surface area (Å²) in [4.78, 5) is 12.5. The fourth-order valence-corrected chi connectivity index (χ4v) is 2.57. The Balaban J connectivity index is 2.35. The van der Waals surface area contributed by atoms with E-state index in [1.54, 1.807) is 18.2 Å². The maximum Gasteiger partial charge on any atom is 0.259 e. The molecule has 5 heteroatoms. The zero-order valence-corrected chi connectivity index (χ0v) is 13.7. The number of methoxy groups -OCH3 is 1. The van der Waals surface area contributed by atoms with Crippen LogP contribution in [0.15, 0.2) is 34.8 Å². The Hall–Kier alpha value is -2.01. The predicted octanol–water partition coefficient (Wildman–Crippen LogP) is 3.91. The van der Waals surface area contributed by atoms with Crippen LogP contribution in [0.25, 0.3) is 0 Å². The molecular formula is C16H17BrN2O2. The first-order valence-electron chi connectivity index (χ1n) is 6.44. The highest BCUT2D eigenvalue weighted by atomic mass is 79.9. The highest BCUT2D eigenvalue weighted by Gasteiger charge is 2.15. The average Bonchev–Trinajstić information content (AvgIpc) is 2.42. The van der Waals surface area contributed by atoms with Crippen LogP contribution in [-0.4, -0.2) is 13.0 Å². The highest BCUT2D eigenvalue weighted by Crippen LogP contribution is 2.27. The summed E-state index contributed by atoms with van der Waals surface area (Å²) in [5.74, 6) is 0.308. The van der Waals surface area contributed by atoms with Gasteiger partial charge in [-0.3, -0.25) is 4.79 Å². The Labute approximate surface area is 132 Å². The molecule has 0 fully saturated rings. The van der Waals surface area contributed by atoms with Crippen molar-refractivity contribution in [2.45, 2.75) is 13.8 Å². The second-order valence-corrected chi connectivity index (χ2v) is 5.74. The Morgan fingerprint density at radius 3 is 2.38 bits per heavy atom. The molecule has 0 saturated heterocycles. The van der Waals surface area contributed by atoms with Crippen molar-refractivity contribution in [2.24, 2.45) is 0 Å². The minimum absolute atomic E-state index is 0.213. The third-order valence-electron chi connectivity index (χ3n) is 3.20. The summed E-state index contributed by atoms with van der Waals surface area (Å²) in [5, 5.41) is 2.93. The summed E-state index contributed by atoms with van der Waals surface area (Å²) in [6.45, 7) is 3.83. The lowest BCUT2D eigenvalue weighted by Gasteiger charge is -2.14. The molecule has 0 aliphatic carbocycles. The normalized spacial score (nSPS) is 10.3. The second kappa shape index (κ2) is 6.18. The summed E-state index contributed by atoms with van der Waals surface area (Å²) in [5.41, 5.74) is 9.59. The van der Waals surface area contributed by atoms with Crippen LogP contribution in [0.1, 0.15) is 21.5 Å². The van der Waals surface area contributed by atoms with Crippen LogP contribution >= 0.6 is 15.9 Å². The first-order valence-corrected chi connectivity index (χ1v) is 7.23. The predicted molar refractivity (Wildman–Crippen MR) is 89.0 cm³/mol. The molecule has 0 aliphatic heterocycles. The number of carbonyl (C=O) groups excluding carboxylic acids is 1. The molecule has 0 heterocycles. The lowest BCUT2D eigenvalue weighted by Crippen LogP contribution is -2.15. The number of nitrogen functional groups attached to an aromatic ring is 1. The summed E-state index contributed by atoms with van der Waals surface area (Å²) in [6.07, 6.45) is 0. The maximum absolute atomic E-state index is 12.5. The van der Waals surface area contributed by atoms with E-state index >= 15 is 0 Å². The van der Waals surface area contributed by atoms with Crippen LogP contribution in [0, 0.1) is 13.8 Å². The van der Waals surface area contributed by atoms with Crippen molar-refractivity contribution in [3.63, 3.8) is 0 Å². The third kappa shape index (κ3) is 3.36. The molecule has 110 valence electrons. The monoisotopic (exact) mass is 348 g/mol. The number of amides is 1. The molecule has 4 nitrogen and oxygen atoms in total. The molecule has 0 aliphatic rings. The van der Waals surface area contributed by atoms with Gasteiger partial charge in [-0.15, -0.1) is 0 Å². The van der Waals surface area contributed by atoms with E-state index < -0.39 is 0 Å². The van der Waals surface area contributed by atoms with Crippen molar-refractivity contribution in [3.8, 4) is 5.75 Å². The van der Waals surface area contributed by atoms with Crippen molar-refractivity contribution < 1.29 is 9.53 Å². The third-order valence-corrected chi connectivity index (χ3v) is 3.70. The quantitative estimate of drug-likeness (QED) is 0.826. The van der Waals surface area contributed by atoms with Crippen LogP contribution in [0.5, 0.6) is 5.75 Å². The number of anilines is 2. The van der Waals surface area contributed by atoms with E-state index in [9.17, 15) is 4.79 Å². The Kier molecular flexibility index (Phi) is 4.53. The lowest BCUT2D eigenvalue weighted by molar-refractivity contribution is 0.102. The number of carbonyl (C=O) groups is 1. The van der Waals surface area contributed by atoms with E-state index in [1.807, 2.05) is 26.0 Å². The number of nitrogens with two attached hydrogens (primary N) is 1. The number of hydrogen-bond donors (Lipinski definition) is 2. The fraction of sp³-hybridized carbons (Fsp3) is 0.188. The summed E-state index contributed by atoms with van der Waals surface area (Å²) >= 11 is 3.36. The first-order chi connectivity index (χ1) is 9.92. The Bertz CT molecular complexity index is 676. The molecule has 2 rings (SSSR count). The number of halogens is 1. The molecule has 2 aromatic carbocycles. The molecule has 0 aromatic heterocycles. The number of rotatable bonds is 3. The van der Waals surface area contributed by atoms with Crippen molar-refractivity contribution in [1.29, 1.82) is 0 Å². The number of nitrogens with one attached hydrogen (secondary N) is 1. The van der Waals surface area contributed by atoms with Gasteiger partial charge in [0.15, 0.2) is 0 Å². The topological polar surface area (TPSA) is 64.3 Å². The second-order valence-electron chi connectivity index (χ2n) is 4.83. The molecule has 0 bridgehead atoms. The Morgan fingerprint density at radius 1 is 1.19 bits per heavy atom. The highest BCUT2D eigenvalue weighted by molar-refractivity contribution is 9.10. The van der Waals surface area contributed by atoms with Crippen LogP contribution in [0.3, 0.4) is 0 Å². The summed E-state index contributed by atoms with van der Waals surface area (Å²) in [6, 6.07) is 8.96. The molecule has 0 atom stereocenters. The summed E-state index contributed by atoms with van der Waals surface area (Å²) < 4.78 is 6.11. The van der Waals surface area contributed by atoms with Gasteiger partial charge in [0.25, 0.3) is 5.91 Å². The van der Waals surface area contributed by atoms with Gasteiger partial charge in [0.1, 0.15) is 5.75 Å². The first kappa shape index (κ1) is 15.4. The molecular weight excluding hydrogens is 332 g/mol. The number of benzene rings is 2. The van der Waals surface area contributed by atoms with Crippen LogP contribution in [0.4, 0.5) is 11.4 Å². The Morgan fingerprint density at radius 2 is 1.81 bits per heavy atom. The van der Waals surface area contributed by atoms with Crippen LogP contribution in [-0.2, 0) is 0 Å². The van der Waals surface area contributed by atoms with E-state index in [1.165, 1.54) is 7.11 Å². The van der Waals surface area contributed by atoms with Crippen molar-refractivity contribution in [2.75, 3.05) is 18.2 Å². The van der Waals surface area contributed by atoms with Gasteiger partial charge in [0.05, 0.1) is 12.7 Å². The molecule has 0 radical (unpaired) electrons. The molecule has 2 aromatic rings. The van der Waals surface area contributed by atoms with Gasteiger partial charge >= 0.3 is 0 Å². The summed E-state index contributed by atoms with van der Waals surface area (Å²) in [7, 11) is 1.54. The number of ether oxygens (including phenoxy) is 1. The zero-order valence-electron chi connectivity index (χ0n) is 12.2. The maximum atomic E-state index is 12.5. The lowest BCUT2D eigenvalue weighted by atomic mass is 10.1. The smallest absolute Gasteiger partial charge is 0.259 e. The average molecular weight is 349 g/mol. The van der Waals surface area contributed by atoms with E-state index in [0.29, 0.717) is 17.0 Å². The minimum Gasteiger partial charge on any atom is -0.496 e. The van der Waals surface area contributed by atoms with Gasteiger partial charge in [0, 0.05) is 15.8 Å². The largest absolute Gasteiger partial charge is 0.496 e. The van der Waals surface area contributed by atoms with Crippen LogP contribution < -0.4 is 15.8 Å². The zero-order chi connectivity index (χ0) is 15.6. The van der Waals surface area contributed by atoms with Crippen molar-refractivity contribution in [3.05, 3.63) is 51.5 Å². The van der Waals surface area contributed by atoms with E-state index in [4.69, 9.17) is 10.5 Å². The minimum atomic E-state index is -0.213. The molecule has 0 unspecified atom stereocenters. The van der Waals surface area contributed by atoms with E-state index in [-0.39, 0.29) is 5.91 Å². The molecule has 21 heavy (non-hydrogen) atoms. The number of hydrogen-bond acceptors (Lipinski definition) is 3. The SMILES string of the molecule is COc1cc(Br)ccc1C(=O)Nc1c(C)cc(N)cc1C. The molecule has 0 spiro atoms. The van der Waals surface area contributed by atoms with Gasteiger partial charge in [0.2, 0.25) is 0 Å². The van der Waals surface area contributed by atoms with Crippen LogP contribution in [0.2, 0.25) is 0 Å². The molecule has 0 saturated carbocycles. The molecule has 3 N–H and O–H groups in total. The standard InChI is InChI=1S/C16H17BrN2O2/c1-9-6-12(18)7-10(2)15(9)19-16(20)13-5-4-11(17)8-14(13)21-3/h4-8H,18H2,1-3H3,(H,19,20). The fourth-order valence-electron chi connectivity index (χ4n) is 2.23. The molecule has 1 amide bonds. The van der Waals surface area contributed by atoms with Gasteiger partial charge in [-0.25, -0.2) is 0 Å². The van der Waals surface area contributed by atoms with Gasteiger partial charge in [-0.1, -0.05) is 15.9 Å². The van der Waals surface area contributed by atoms with Gasteiger partial charge in [-0.2, -0.15) is 0 Å². The number of aryl methyl sites for hydroxylation is 2.